The molecular formula is C13H20FN3. The minimum absolute atomic E-state index is 0.191. The van der Waals surface area contributed by atoms with E-state index in [0.717, 1.165) is 18.7 Å². The van der Waals surface area contributed by atoms with Gasteiger partial charge in [-0.2, -0.15) is 0 Å². The van der Waals surface area contributed by atoms with Crippen LogP contribution in [0.3, 0.4) is 0 Å². The predicted octanol–water partition coefficient (Wildman–Crippen LogP) is 1.71. The van der Waals surface area contributed by atoms with E-state index < -0.39 is 0 Å². The number of nitrogens with one attached hydrogen (secondary N) is 1. The summed E-state index contributed by atoms with van der Waals surface area (Å²) >= 11 is 0. The third-order valence-corrected chi connectivity index (χ3v) is 3.30. The van der Waals surface area contributed by atoms with Gasteiger partial charge in [0.15, 0.2) is 0 Å². The van der Waals surface area contributed by atoms with Gasteiger partial charge in [-0.1, -0.05) is 0 Å². The molecule has 2 heterocycles. The third-order valence-electron chi connectivity index (χ3n) is 3.30. The largest absolute Gasteiger partial charge is 0.311 e. The van der Waals surface area contributed by atoms with Crippen molar-refractivity contribution in [3.8, 4) is 0 Å². The van der Waals surface area contributed by atoms with Crippen LogP contribution in [0.25, 0.3) is 0 Å². The van der Waals surface area contributed by atoms with Crippen molar-refractivity contribution in [2.45, 2.75) is 39.4 Å². The second kappa shape index (κ2) is 5.10. The molecule has 94 valence electrons. The van der Waals surface area contributed by atoms with Crippen LogP contribution < -0.4 is 5.32 Å². The van der Waals surface area contributed by atoms with E-state index in [1.807, 2.05) is 6.92 Å². The van der Waals surface area contributed by atoms with Crippen molar-refractivity contribution in [2.75, 3.05) is 13.1 Å². The molecule has 1 saturated heterocycles. The number of nitrogens with zero attached hydrogens (tertiary/aromatic N) is 2. The standard InChI is InChI=1S/C13H20FN3/c1-9-4-12(14)13(16-5-9)8-17-7-10(2)15-6-11(17)3/h4-5,10-11,15H,6-8H2,1-3H3/t10-,11+/m1/s1. The molecule has 1 aromatic heterocycles. The molecular weight excluding hydrogens is 217 g/mol. The lowest BCUT2D eigenvalue weighted by atomic mass is 10.1. The molecule has 2 atom stereocenters. The molecule has 17 heavy (non-hydrogen) atoms. The summed E-state index contributed by atoms with van der Waals surface area (Å²) in [5.74, 6) is -0.191. The van der Waals surface area contributed by atoms with Gasteiger partial charge in [0, 0.05) is 37.9 Å². The number of halogens is 1. The molecule has 0 aliphatic carbocycles. The van der Waals surface area contributed by atoms with E-state index >= 15 is 0 Å². The third kappa shape index (κ3) is 3.01. The maximum Gasteiger partial charge on any atom is 0.146 e. The highest BCUT2D eigenvalue weighted by atomic mass is 19.1. The summed E-state index contributed by atoms with van der Waals surface area (Å²) in [7, 11) is 0. The van der Waals surface area contributed by atoms with E-state index in [1.54, 1.807) is 12.3 Å². The summed E-state index contributed by atoms with van der Waals surface area (Å²) in [6.45, 7) is 8.66. The van der Waals surface area contributed by atoms with E-state index in [9.17, 15) is 4.39 Å². The first-order valence-electron chi connectivity index (χ1n) is 6.14. The Labute approximate surface area is 102 Å². The second-order valence-corrected chi connectivity index (χ2v) is 5.03. The van der Waals surface area contributed by atoms with Gasteiger partial charge in [-0.05, 0) is 32.4 Å². The number of hydrogen-bond donors (Lipinski definition) is 1. The Morgan fingerprint density at radius 2 is 2.29 bits per heavy atom. The fraction of sp³-hybridized carbons (Fsp3) is 0.615. The first kappa shape index (κ1) is 12.5. The minimum atomic E-state index is -0.191. The molecule has 0 aromatic carbocycles. The SMILES string of the molecule is Cc1cnc(CN2C[C@@H](C)NC[C@@H]2C)c(F)c1. The molecule has 0 saturated carbocycles. The smallest absolute Gasteiger partial charge is 0.146 e. The van der Waals surface area contributed by atoms with E-state index in [0.29, 0.717) is 24.3 Å². The topological polar surface area (TPSA) is 28.2 Å². The maximum atomic E-state index is 13.7. The average molecular weight is 237 g/mol. The number of piperazine rings is 1. The molecule has 1 N–H and O–H groups in total. The Hall–Kier alpha value is -1.00. The van der Waals surface area contributed by atoms with Gasteiger partial charge in [0.25, 0.3) is 0 Å². The molecule has 0 spiro atoms. The lowest BCUT2D eigenvalue weighted by molar-refractivity contribution is 0.135. The fourth-order valence-electron chi connectivity index (χ4n) is 2.19. The highest BCUT2D eigenvalue weighted by molar-refractivity contribution is 5.15. The van der Waals surface area contributed by atoms with Crippen molar-refractivity contribution in [2.24, 2.45) is 0 Å². The summed E-state index contributed by atoms with van der Waals surface area (Å²) in [6, 6.07) is 2.44. The van der Waals surface area contributed by atoms with Gasteiger partial charge in [0.2, 0.25) is 0 Å². The van der Waals surface area contributed by atoms with E-state index in [1.165, 1.54) is 0 Å². The van der Waals surface area contributed by atoms with Gasteiger partial charge >= 0.3 is 0 Å². The van der Waals surface area contributed by atoms with Crippen molar-refractivity contribution < 1.29 is 4.39 Å². The van der Waals surface area contributed by atoms with Crippen LogP contribution >= 0.6 is 0 Å². The second-order valence-electron chi connectivity index (χ2n) is 5.03. The van der Waals surface area contributed by atoms with Gasteiger partial charge in [-0.15, -0.1) is 0 Å². The van der Waals surface area contributed by atoms with Crippen LogP contribution in [0.5, 0.6) is 0 Å². The van der Waals surface area contributed by atoms with Gasteiger partial charge in [0.1, 0.15) is 5.82 Å². The molecule has 1 aliphatic rings. The quantitative estimate of drug-likeness (QED) is 0.848. The van der Waals surface area contributed by atoms with Crippen LogP contribution in [-0.4, -0.2) is 35.1 Å². The monoisotopic (exact) mass is 237 g/mol. The molecule has 1 aliphatic heterocycles. The number of rotatable bonds is 2. The van der Waals surface area contributed by atoms with Gasteiger partial charge in [-0.3, -0.25) is 9.88 Å². The van der Waals surface area contributed by atoms with Crippen LogP contribution in [-0.2, 0) is 6.54 Å². The van der Waals surface area contributed by atoms with Crippen molar-refractivity contribution in [3.05, 3.63) is 29.3 Å². The van der Waals surface area contributed by atoms with Gasteiger partial charge in [0.05, 0.1) is 5.69 Å². The van der Waals surface area contributed by atoms with Crippen molar-refractivity contribution in [1.82, 2.24) is 15.2 Å². The minimum Gasteiger partial charge on any atom is -0.311 e. The molecule has 0 bridgehead atoms. The Balaban J connectivity index is 2.08. The van der Waals surface area contributed by atoms with E-state index in [-0.39, 0.29) is 5.82 Å². The lowest BCUT2D eigenvalue weighted by Crippen LogP contribution is -2.53. The highest BCUT2D eigenvalue weighted by Crippen LogP contribution is 2.14. The Kier molecular flexibility index (Phi) is 3.74. The number of hydrogen-bond acceptors (Lipinski definition) is 3. The fourth-order valence-corrected chi connectivity index (χ4v) is 2.19. The number of aryl methyl sites for hydroxylation is 1. The summed E-state index contributed by atoms with van der Waals surface area (Å²) in [4.78, 5) is 6.47. The Morgan fingerprint density at radius 3 is 3.00 bits per heavy atom. The number of aromatic nitrogens is 1. The highest BCUT2D eigenvalue weighted by Gasteiger charge is 2.23. The zero-order valence-corrected chi connectivity index (χ0v) is 10.7. The lowest BCUT2D eigenvalue weighted by Gasteiger charge is -2.37. The normalized spacial score (nSPS) is 26.1. The molecule has 2 rings (SSSR count). The summed E-state index contributed by atoms with van der Waals surface area (Å²) < 4.78 is 13.7. The van der Waals surface area contributed by atoms with Crippen LogP contribution in [0.2, 0.25) is 0 Å². The van der Waals surface area contributed by atoms with Crippen LogP contribution in [0.4, 0.5) is 4.39 Å². The molecule has 0 amide bonds. The Morgan fingerprint density at radius 1 is 1.53 bits per heavy atom. The zero-order chi connectivity index (χ0) is 12.4. The van der Waals surface area contributed by atoms with Crippen LogP contribution in [0, 0.1) is 12.7 Å². The van der Waals surface area contributed by atoms with Gasteiger partial charge in [-0.25, -0.2) is 4.39 Å². The molecule has 4 heteroatoms. The zero-order valence-electron chi connectivity index (χ0n) is 10.7. The molecule has 1 fully saturated rings. The maximum absolute atomic E-state index is 13.7. The Bertz CT molecular complexity index is 394. The van der Waals surface area contributed by atoms with Crippen LogP contribution in [0.1, 0.15) is 25.1 Å². The van der Waals surface area contributed by atoms with E-state index in [4.69, 9.17) is 0 Å². The molecule has 3 nitrogen and oxygen atoms in total. The first-order chi connectivity index (χ1) is 8.06. The van der Waals surface area contributed by atoms with Gasteiger partial charge < -0.3 is 5.32 Å². The molecule has 1 aromatic rings. The number of pyridine rings is 1. The average Bonchev–Trinajstić information content (AvgIpc) is 2.27. The summed E-state index contributed by atoms with van der Waals surface area (Å²) in [6.07, 6.45) is 1.73. The predicted molar refractivity (Wildman–Crippen MR) is 66.3 cm³/mol. The summed E-state index contributed by atoms with van der Waals surface area (Å²) in [5.41, 5.74) is 1.42. The first-order valence-corrected chi connectivity index (χ1v) is 6.14. The summed E-state index contributed by atoms with van der Waals surface area (Å²) in [5, 5.41) is 3.42. The van der Waals surface area contributed by atoms with Crippen LogP contribution in [0.15, 0.2) is 12.3 Å². The molecule has 0 radical (unpaired) electrons. The van der Waals surface area contributed by atoms with E-state index in [2.05, 4.69) is 29.0 Å². The van der Waals surface area contributed by atoms with Crippen molar-refractivity contribution in [1.29, 1.82) is 0 Å². The van der Waals surface area contributed by atoms with Crippen molar-refractivity contribution >= 4 is 0 Å². The molecule has 0 unspecified atom stereocenters. The van der Waals surface area contributed by atoms with Crippen molar-refractivity contribution in [3.63, 3.8) is 0 Å².